The predicted octanol–water partition coefficient (Wildman–Crippen LogP) is -0.267. The zero-order valence-electron chi connectivity index (χ0n) is 14.7. The van der Waals surface area contributed by atoms with Crippen LogP contribution in [0.4, 0.5) is 11.9 Å². The van der Waals surface area contributed by atoms with Gasteiger partial charge in [0, 0.05) is 0 Å². The second-order valence-corrected chi connectivity index (χ2v) is 8.95. The summed E-state index contributed by atoms with van der Waals surface area (Å²) in [6.45, 7) is 5.71. The van der Waals surface area contributed by atoms with E-state index >= 15 is 0 Å². The number of anilines is 2. The molecule has 4 atom stereocenters. The van der Waals surface area contributed by atoms with Gasteiger partial charge in [0.15, 0.2) is 0 Å². The third kappa shape index (κ3) is 1.70. The molecule has 7 heterocycles. The van der Waals surface area contributed by atoms with Gasteiger partial charge >= 0.3 is 0 Å². The molecule has 6 fully saturated rings. The number of aromatic nitrogens is 3. The van der Waals surface area contributed by atoms with Crippen LogP contribution in [0.1, 0.15) is 0 Å². The van der Waals surface area contributed by atoms with Crippen molar-refractivity contribution < 1.29 is 18.9 Å². The van der Waals surface area contributed by atoms with Crippen molar-refractivity contribution in [3.05, 3.63) is 5.28 Å². The molecule has 0 N–H and O–H groups in total. The van der Waals surface area contributed by atoms with E-state index in [1.54, 1.807) is 0 Å². The van der Waals surface area contributed by atoms with Crippen LogP contribution < -0.4 is 9.80 Å². The molecule has 10 heteroatoms. The molecule has 0 bridgehead atoms. The topological polar surface area (TPSA) is 82.1 Å². The molecule has 0 saturated carbocycles. The molecular formula is C17H20ClN5O4. The fraction of sp³-hybridized carbons (Fsp3) is 0.824. The summed E-state index contributed by atoms with van der Waals surface area (Å²) < 4.78 is 23.1. The molecule has 7 rings (SSSR count). The van der Waals surface area contributed by atoms with Crippen LogP contribution in [0.2, 0.25) is 5.28 Å². The Morgan fingerprint density at radius 3 is 1.41 bits per heavy atom. The predicted molar refractivity (Wildman–Crippen MR) is 93.1 cm³/mol. The van der Waals surface area contributed by atoms with E-state index in [2.05, 4.69) is 19.8 Å². The van der Waals surface area contributed by atoms with Crippen molar-refractivity contribution in [3.8, 4) is 0 Å². The van der Waals surface area contributed by atoms with Gasteiger partial charge in [-0.05, 0) is 11.6 Å². The van der Waals surface area contributed by atoms with Gasteiger partial charge in [-0.3, -0.25) is 0 Å². The third-order valence-electron chi connectivity index (χ3n) is 7.63. The van der Waals surface area contributed by atoms with Crippen LogP contribution in [0.15, 0.2) is 0 Å². The lowest BCUT2D eigenvalue weighted by atomic mass is 9.69. The van der Waals surface area contributed by atoms with Crippen molar-refractivity contribution in [2.45, 2.75) is 24.2 Å². The number of ether oxygens (including phenoxy) is 4. The largest absolute Gasteiger partial charge is 0.378 e. The maximum absolute atomic E-state index is 6.33. The molecule has 9 nitrogen and oxygen atoms in total. The molecule has 0 amide bonds. The molecular weight excluding hydrogens is 374 g/mol. The standard InChI is InChI=1S/C17H20ClN5O4/c18-13-19-14(22-9-1-24-5-16(9)6-25-2-10(16)22)21-15(20-13)23-11-3-26-7-17(11)8-27-4-12(17)23/h9-12H,1-8H2. The fourth-order valence-electron chi connectivity index (χ4n) is 6.22. The smallest absolute Gasteiger partial charge is 0.232 e. The first kappa shape index (κ1) is 15.6. The van der Waals surface area contributed by atoms with E-state index < -0.39 is 0 Å². The van der Waals surface area contributed by atoms with E-state index in [0.717, 1.165) is 26.4 Å². The highest BCUT2D eigenvalue weighted by Gasteiger charge is 2.69. The number of rotatable bonds is 2. The van der Waals surface area contributed by atoms with E-state index in [0.29, 0.717) is 38.3 Å². The molecule has 6 aliphatic rings. The summed E-state index contributed by atoms with van der Waals surface area (Å²) in [6.07, 6.45) is 0. The van der Waals surface area contributed by atoms with Gasteiger partial charge in [0.1, 0.15) is 0 Å². The molecule has 0 aromatic carbocycles. The monoisotopic (exact) mass is 393 g/mol. The Balaban J connectivity index is 1.26. The Morgan fingerprint density at radius 2 is 1.04 bits per heavy atom. The highest BCUT2D eigenvalue weighted by molar-refractivity contribution is 6.28. The van der Waals surface area contributed by atoms with Crippen LogP contribution in [-0.2, 0) is 18.9 Å². The summed E-state index contributed by atoms with van der Waals surface area (Å²) in [5.41, 5.74) is 0.174. The summed E-state index contributed by atoms with van der Waals surface area (Å²) in [5, 5.41) is 0.223. The molecule has 2 spiro atoms. The quantitative estimate of drug-likeness (QED) is 0.674. The minimum Gasteiger partial charge on any atom is -0.378 e. The molecule has 6 saturated heterocycles. The highest BCUT2D eigenvalue weighted by Crippen LogP contribution is 2.55. The van der Waals surface area contributed by atoms with E-state index in [9.17, 15) is 0 Å². The lowest BCUT2D eigenvalue weighted by Crippen LogP contribution is -2.72. The fourth-order valence-corrected chi connectivity index (χ4v) is 6.37. The Hall–Kier alpha value is -1.26. The van der Waals surface area contributed by atoms with Crippen LogP contribution in [0.5, 0.6) is 0 Å². The van der Waals surface area contributed by atoms with Gasteiger partial charge < -0.3 is 28.7 Å². The first-order valence-corrected chi connectivity index (χ1v) is 9.90. The van der Waals surface area contributed by atoms with Gasteiger partial charge in [-0.1, -0.05) is 0 Å². The van der Waals surface area contributed by atoms with Crippen LogP contribution >= 0.6 is 11.6 Å². The molecule has 1 aromatic rings. The zero-order valence-corrected chi connectivity index (χ0v) is 15.5. The number of hydrogen-bond acceptors (Lipinski definition) is 9. The summed E-state index contributed by atoms with van der Waals surface area (Å²) >= 11 is 6.33. The lowest BCUT2D eigenvalue weighted by molar-refractivity contribution is 0.0956. The van der Waals surface area contributed by atoms with Gasteiger partial charge in [-0.2, -0.15) is 15.0 Å². The Kier molecular flexibility index (Phi) is 2.90. The molecule has 4 unspecified atom stereocenters. The van der Waals surface area contributed by atoms with Crippen molar-refractivity contribution in [3.63, 3.8) is 0 Å². The van der Waals surface area contributed by atoms with Crippen molar-refractivity contribution in [1.29, 1.82) is 0 Å². The van der Waals surface area contributed by atoms with E-state index in [1.807, 2.05) is 0 Å². The Labute approximate surface area is 160 Å². The minimum absolute atomic E-state index is 0.0871. The summed E-state index contributed by atoms with van der Waals surface area (Å²) in [6, 6.07) is 0.987. The summed E-state index contributed by atoms with van der Waals surface area (Å²) in [7, 11) is 0. The molecule has 1 aromatic heterocycles. The SMILES string of the molecule is Clc1nc(N2C3COCC34COCC24)nc(N2C3COCC34COCC24)n1. The number of hydrogen-bond donors (Lipinski definition) is 0. The van der Waals surface area contributed by atoms with Crippen molar-refractivity contribution >= 4 is 23.5 Å². The third-order valence-corrected chi connectivity index (χ3v) is 7.80. The number of halogens is 1. The second kappa shape index (κ2) is 5.01. The molecule has 0 radical (unpaired) electrons. The summed E-state index contributed by atoms with van der Waals surface area (Å²) in [5.74, 6) is 1.25. The number of nitrogens with zero attached hydrogens (tertiary/aromatic N) is 5. The Bertz CT molecular complexity index is 724. The first-order valence-electron chi connectivity index (χ1n) is 9.52. The lowest BCUT2D eigenvalue weighted by Gasteiger charge is -2.56. The molecule has 27 heavy (non-hydrogen) atoms. The van der Waals surface area contributed by atoms with Gasteiger partial charge in [-0.25, -0.2) is 0 Å². The van der Waals surface area contributed by atoms with E-state index in [-0.39, 0.29) is 40.3 Å². The average molecular weight is 394 g/mol. The van der Waals surface area contributed by atoms with Gasteiger partial charge in [-0.15, -0.1) is 0 Å². The maximum Gasteiger partial charge on any atom is 0.232 e. The van der Waals surface area contributed by atoms with Crippen molar-refractivity contribution in [2.24, 2.45) is 10.8 Å². The van der Waals surface area contributed by atoms with E-state index in [4.69, 9.17) is 35.5 Å². The maximum atomic E-state index is 6.33. The Morgan fingerprint density at radius 1 is 0.667 bits per heavy atom. The van der Waals surface area contributed by atoms with Crippen LogP contribution in [0, 0.1) is 10.8 Å². The average Bonchev–Trinajstić information content (AvgIpc) is 3.38. The van der Waals surface area contributed by atoms with Crippen molar-refractivity contribution in [1.82, 2.24) is 15.0 Å². The van der Waals surface area contributed by atoms with Crippen LogP contribution in [0.3, 0.4) is 0 Å². The van der Waals surface area contributed by atoms with Gasteiger partial charge in [0.25, 0.3) is 0 Å². The van der Waals surface area contributed by atoms with Gasteiger partial charge in [0.05, 0.1) is 87.9 Å². The van der Waals surface area contributed by atoms with Crippen LogP contribution in [0.25, 0.3) is 0 Å². The first-order chi connectivity index (χ1) is 13.2. The molecule has 0 aliphatic carbocycles. The molecule has 6 aliphatic heterocycles. The normalized spacial score (nSPS) is 46.6. The zero-order chi connectivity index (χ0) is 17.8. The molecule has 144 valence electrons. The second-order valence-electron chi connectivity index (χ2n) is 8.61. The summed E-state index contributed by atoms with van der Waals surface area (Å²) in [4.78, 5) is 18.2. The highest BCUT2D eigenvalue weighted by atomic mass is 35.5. The van der Waals surface area contributed by atoms with Crippen LogP contribution in [-0.4, -0.2) is 92.0 Å². The van der Waals surface area contributed by atoms with Crippen molar-refractivity contribution in [2.75, 3.05) is 62.7 Å². The van der Waals surface area contributed by atoms with E-state index in [1.165, 1.54) is 0 Å². The van der Waals surface area contributed by atoms with Gasteiger partial charge in [0.2, 0.25) is 17.2 Å². The minimum atomic E-state index is 0.0871.